The number of nitro benzene ring substituents is 3. The number of nitro groups is 3. The summed E-state index contributed by atoms with van der Waals surface area (Å²) in [4.78, 5) is 44.1. The molecule has 1 heterocycles. The zero-order chi connectivity index (χ0) is 41.3. The number of hydrogen-bond donors (Lipinski definition) is 1. The Bertz CT molecular complexity index is 2270. The molecule has 0 saturated carbocycles. The first-order chi connectivity index (χ1) is 26.4. The van der Waals surface area contributed by atoms with E-state index in [2.05, 4.69) is 5.32 Å². The van der Waals surface area contributed by atoms with E-state index < -0.39 is 102 Å². The van der Waals surface area contributed by atoms with E-state index in [1.165, 1.54) is 43.3 Å². The van der Waals surface area contributed by atoms with Crippen LogP contribution in [0.3, 0.4) is 0 Å². The molecule has 304 valence electrons. The maximum Gasteiger partial charge on any atom is 0.289 e. The number of benzene rings is 3. The number of carbonyl (C=O) groups excluding carboxylic acids is 1. The molecule has 0 spiro atoms. The number of para-hydroxylation sites is 3. The highest BCUT2D eigenvalue weighted by molar-refractivity contribution is 7.89. The lowest BCUT2D eigenvalue weighted by Gasteiger charge is -2.29. The number of carbonyl (C=O) groups is 1. The Morgan fingerprint density at radius 2 is 0.929 bits per heavy atom. The lowest BCUT2D eigenvalue weighted by molar-refractivity contribution is -0.388. The van der Waals surface area contributed by atoms with Crippen molar-refractivity contribution in [2.24, 2.45) is 0 Å². The van der Waals surface area contributed by atoms with E-state index in [0.717, 1.165) is 49.3 Å². The van der Waals surface area contributed by atoms with Crippen LogP contribution in [0.15, 0.2) is 87.5 Å². The second-order valence-corrected chi connectivity index (χ2v) is 18.4. The van der Waals surface area contributed by atoms with Crippen molar-refractivity contribution in [1.29, 1.82) is 0 Å². The van der Waals surface area contributed by atoms with Gasteiger partial charge in [0.2, 0.25) is 36.0 Å². The summed E-state index contributed by atoms with van der Waals surface area (Å²) < 4.78 is 86.6. The van der Waals surface area contributed by atoms with Crippen LogP contribution in [0.1, 0.15) is 45.4 Å². The molecule has 23 heteroatoms. The van der Waals surface area contributed by atoms with Gasteiger partial charge in [-0.1, -0.05) is 42.8 Å². The Morgan fingerprint density at radius 1 is 0.554 bits per heavy atom. The highest BCUT2D eigenvalue weighted by Crippen LogP contribution is 2.31. The number of sulfonamides is 3. The van der Waals surface area contributed by atoms with Gasteiger partial charge >= 0.3 is 0 Å². The molecule has 20 nitrogen and oxygen atoms in total. The van der Waals surface area contributed by atoms with E-state index in [4.69, 9.17) is 0 Å². The van der Waals surface area contributed by atoms with Crippen molar-refractivity contribution in [2.75, 3.05) is 39.3 Å². The topological polar surface area (TPSA) is 271 Å². The van der Waals surface area contributed by atoms with E-state index in [-0.39, 0.29) is 64.8 Å². The predicted octanol–water partition coefficient (Wildman–Crippen LogP) is 3.64. The Balaban J connectivity index is 1.72. The van der Waals surface area contributed by atoms with E-state index in [0.29, 0.717) is 0 Å². The summed E-state index contributed by atoms with van der Waals surface area (Å²) in [5.41, 5.74) is -2.04. The molecule has 1 atom stereocenters. The monoisotopic (exact) mass is 839 g/mol. The molecule has 3 aromatic rings. The van der Waals surface area contributed by atoms with E-state index in [1.807, 2.05) is 0 Å². The number of nitrogens with one attached hydrogen (secondary N) is 1. The largest absolute Gasteiger partial charge is 0.356 e. The quantitative estimate of drug-likeness (QED) is 0.238. The first-order valence-corrected chi connectivity index (χ1v) is 21.7. The molecule has 0 aromatic heterocycles. The average Bonchev–Trinajstić information content (AvgIpc) is 3.15. The van der Waals surface area contributed by atoms with E-state index in [9.17, 15) is 60.4 Å². The third-order valence-corrected chi connectivity index (χ3v) is 14.9. The fourth-order valence-electron chi connectivity index (χ4n) is 6.25. The fourth-order valence-corrected chi connectivity index (χ4v) is 11.4. The summed E-state index contributed by atoms with van der Waals surface area (Å²) in [5.74, 6) is -0.643. The van der Waals surface area contributed by atoms with Gasteiger partial charge in [0, 0.05) is 69.9 Å². The van der Waals surface area contributed by atoms with Crippen LogP contribution in [0.2, 0.25) is 0 Å². The Labute approximate surface area is 323 Å². The molecular weight excluding hydrogens is 799 g/mol. The van der Waals surface area contributed by atoms with Crippen LogP contribution in [0, 0.1) is 30.3 Å². The van der Waals surface area contributed by atoms with Gasteiger partial charge in [0.1, 0.15) is 0 Å². The lowest BCUT2D eigenvalue weighted by atomic mass is 10.2. The molecule has 1 aliphatic rings. The van der Waals surface area contributed by atoms with Crippen molar-refractivity contribution in [1.82, 2.24) is 18.2 Å². The molecule has 1 unspecified atom stereocenters. The summed E-state index contributed by atoms with van der Waals surface area (Å²) >= 11 is 0. The van der Waals surface area contributed by atoms with Gasteiger partial charge in [-0.15, -0.1) is 0 Å². The summed E-state index contributed by atoms with van der Waals surface area (Å²) in [7, 11) is -13.7. The standard InChI is InChI=1S/C33H41N7O13S3/c1-26-25-33(41)34-19-11-22-35(54(48,49)30-16-6-3-13-27(30)38(42)43)20-9-2-10-21-36(55(50,51)31-17-7-4-14-28(31)39(44)45)23-12-24-37(26)56(52,53)32-18-8-5-15-29(32)40(46)47/h3-8,13-18,26H,2,9-12,19-25H2,1H3,(H,34,41). The zero-order valence-corrected chi connectivity index (χ0v) is 32.7. The number of nitrogens with zero attached hydrogens (tertiary/aromatic N) is 6. The Kier molecular flexibility index (Phi) is 14.7. The number of rotatable bonds is 9. The van der Waals surface area contributed by atoms with E-state index in [1.54, 1.807) is 0 Å². The van der Waals surface area contributed by atoms with Gasteiger partial charge < -0.3 is 5.32 Å². The molecule has 0 bridgehead atoms. The molecule has 0 radical (unpaired) electrons. The smallest absolute Gasteiger partial charge is 0.289 e. The van der Waals surface area contributed by atoms with Gasteiger partial charge in [-0.3, -0.25) is 35.1 Å². The zero-order valence-electron chi connectivity index (χ0n) is 30.2. The molecule has 4 rings (SSSR count). The lowest BCUT2D eigenvalue weighted by Crippen LogP contribution is -2.44. The highest BCUT2D eigenvalue weighted by atomic mass is 32.2. The van der Waals surface area contributed by atoms with Crippen LogP contribution in [0.5, 0.6) is 0 Å². The Hall–Kier alpha value is -4.94. The number of hydrogen-bond acceptors (Lipinski definition) is 13. The normalized spacial score (nSPS) is 18.6. The third kappa shape index (κ3) is 10.3. The van der Waals surface area contributed by atoms with Gasteiger partial charge in [0.05, 0.1) is 14.8 Å². The predicted molar refractivity (Wildman–Crippen MR) is 201 cm³/mol. The summed E-state index contributed by atoms with van der Waals surface area (Å²) in [5, 5.41) is 38.0. The van der Waals surface area contributed by atoms with Crippen molar-refractivity contribution in [3.8, 4) is 0 Å². The van der Waals surface area contributed by atoms with Crippen molar-refractivity contribution >= 4 is 53.0 Å². The van der Waals surface area contributed by atoms with Crippen molar-refractivity contribution in [3.05, 3.63) is 103 Å². The molecule has 1 fully saturated rings. The number of amides is 1. The maximum atomic E-state index is 14.1. The molecule has 0 aliphatic carbocycles. The van der Waals surface area contributed by atoms with Crippen molar-refractivity contribution in [3.63, 3.8) is 0 Å². The molecule has 1 amide bonds. The first kappa shape index (κ1) is 43.8. The SMILES string of the molecule is CC1CC(=O)NCCCN(S(=O)(=O)c2ccccc2[N+](=O)[O-])CCCCCN(S(=O)(=O)c2ccccc2[N+](=O)[O-])CCCN1S(=O)(=O)c1ccccc1[N+](=O)[O-]. The summed E-state index contributed by atoms with van der Waals surface area (Å²) in [6, 6.07) is 13.0. The van der Waals surface area contributed by atoms with Crippen LogP contribution >= 0.6 is 0 Å². The maximum absolute atomic E-state index is 14.1. The molecule has 1 N–H and O–H groups in total. The van der Waals surface area contributed by atoms with Gasteiger partial charge in [-0.25, -0.2) is 25.3 Å². The van der Waals surface area contributed by atoms with Gasteiger partial charge in [0.25, 0.3) is 17.1 Å². The van der Waals surface area contributed by atoms with E-state index >= 15 is 0 Å². The second kappa shape index (κ2) is 18.8. The molecule has 1 aliphatic heterocycles. The molecule has 56 heavy (non-hydrogen) atoms. The second-order valence-electron chi connectivity index (χ2n) is 12.8. The highest BCUT2D eigenvalue weighted by Gasteiger charge is 2.37. The Morgan fingerprint density at radius 3 is 1.36 bits per heavy atom. The summed E-state index contributed by atoms with van der Waals surface area (Å²) in [6.07, 6.45) is -0.0589. The van der Waals surface area contributed by atoms with Gasteiger partial charge in [-0.05, 0) is 50.8 Å². The molecular formula is C33H41N7O13S3. The van der Waals surface area contributed by atoms with Crippen LogP contribution in [-0.4, -0.2) is 104 Å². The van der Waals surface area contributed by atoms with Crippen molar-refractivity contribution < 1.29 is 44.8 Å². The summed E-state index contributed by atoms with van der Waals surface area (Å²) in [6.45, 7) is 0.0605. The van der Waals surface area contributed by atoms with Crippen LogP contribution < -0.4 is 5.32 Å². The molecule has 1 saturated heterocycles. The van der Waals surface area contributed by atoms with Gasteiger partial charge in [0.15, 0.2) is 14.7 Å². The fraction of sp³-hybridized carbons (Fsp3) is 0.424. The van der Waals surface area contributed by atoms with Crippen LogP contribution in [-0.2, 0) is 34.9 Å². The minimum atomic E-state index is -4.69. The minimum absolute atomic E-state index is 0.0518. The van der Waals surface area contributed by atoms with Crippen LogP contribution in [0.25, 0.3) is 0 Å². The average molecular weight is 840 g/mol. The third-order valence-electron chi connectivity index (χ3n) is 8.99. The first-order valence-electron chi connectivity index (χ1n) is 17.4. The van der Waals surface area contributed by atoms with Crippen LogP contribution in [0.4, 0.5) is 17.1 Å². The minimum Gasteiger partial charge on any atom is -0.356 e. The van der Waals surface area contributed by atoms with Crippen molar-refractivity contribution in [2.45, 2.75) is 66.2 Å². The van der Waals surface area contributed by atoms with Gasteiger partial charge in [-0.2, -0.15) is 12.9 Å². The molecule has 3 aromatic carbocycles.